The van der Waals surface area contributed by atoms with E-state index < -0.39 is 12.1 Å². The topological polar surface area (TPSA) is 90.1 Å². The lowest BCUT2D eigenvalue weighted by atomic mass is 10.0. The monoisotopic (exact) mass is 481 g/mol. The van der Waals surface area contributed by atoms with Gasteiger partial charge in [-0.25, -0.2) is 9.78 Å². The fraction of sp³-hybridized carbons (Fsp3) is 0.261. The molecule has 2 atom stereocenters. The van der Waals surface area contributed by atoms with E-state index in [4.69, 9.17) is 4.98 Å². The standard InChI is InChI=1S/C23H24BrN5O2/c1-25-23(31)28-20(16-6-3-2-4-7-16)22(30)29-13-5-8-19(29)21-26-14-18(27-21)15-9-11-17(24)12-10-15/h2-4,6-7,9-12,14,19-20H,5,8,13H2,1H3,(H,26,27)(H2,25,28,31)/t19-,20?/m0/s1. The summed E-state index contributed by atoms with van der Waals surface area (Å²) in [5, 5.41) is 5.33. The first kappa shape index (κ1) is 21.1. The van der Waals surface area contributed by atoms with E-state index in [0.717, 1.165) is 40.0 Å². The number of hydrogen-bond acceptors (Lipinski definition) is 3. The van der Waals surface area contributed by atoms with Crippen molar-refractivity contribution in [3.05, 3.63) is 76.7 Å². The Labute approximate surface area is 189 Å². The molecule has 1 aliphatic heterocycles. The van der Waals surface area contributed by atoms with E-state index in [1.165, 1.54) is 7.05 Å². The Morgan fingerprint density at radius 2 is 1.90 bits per heavy atom. The van der Waals surface area contributed by atoms with Crippen LogP contribution in [0.5, 0.6) is 0 Å². The van der Waals surface area contributed by atoms with Crippen molar-refractivity contribution < 1.29 is 9.59 Å². The van der Waals surface area contributed by atoms with Crippen LogP contribution in [0, 0.1) is 0 Å². The highest BCUT2D eigenvalue weighted by Gasteiger charge is 2.36. The van der Waals surface area contributed by atoms with E-state index >= 15 is 0 Å². The van der Waals surface area contributed by atoms with Gasteiger partial charge < -0.3 is 20.5 Å². The van der Waals surface area contributed by atoms with Crippen LogP contribution in [-0.4, -0.2) is 40.4 Å². The van der Waals surface area contributed by atoms with E-state index in [2.05, 4.69) is 31.5 Å². The number of carbonyl (C=O) groups excluding carboxylic acids is 2. The predicted octanol–water partition coefficient (Wildman–Crippen LogP) is 4.17. The molecule has 1 unspecified atom stereocenters. The van der Waals surface area contributed by atoms with Crippen LogP contribution in [0.15, 0.2) is 65.3 Å². The zero-order valence-electron chi connectivity index (χ0n) is 17.1. The summed E-state index contributed by atoms with van der Waals surface area (Å²) in [7, 11) is 1.53. The molecule has 3 amide bonds. The Kier molecular flexibility index (Phi) is 6.36. The molecule has 1 fully saturated rings. The maximum absolute atomic E-state index is 13.5. The number of aromatic amines is 1. The van der Waals surface area contributed by atoms with Gasteiger partial charge in [0.25, 0.3) is 0 Å². The second kappa shape index (κ2) is 9.34. The number of urea groups is 1. The van der Waals surface area contributed by atoms with Gasteiger partial charge in [-0.3, -0.25) is 4.79 Å². The second-order valence-electron chi connectivity index (χ2n) is 7.43. The summed E-state index contributed by atoms with van der Waals surface area (Å²) in [6, 6.07) is 15.9. The van der Waals surface area contributed by atoms with Crippen LogP contribution >= 0.6 is 15.9 Å². The quantitative estimate of drug-likeness (QED) is 0.510. The molecule has 1 aliphatic rings. The van der Waals surface area contributed by atoms with Crippen LogP contribution in [-0.2, 0) is 4.79 Å². The predicted molar refractivity (Wildman–Crippen MR) is 122 cm³/mol. The Balaban J connectivity index is 1.58. The first-order chi connectivity index (χ1) is 15.1. The van der Waals surface area contributed by atoms with E-state index in [-0.39, 0.29) is 11.9 Å². The average Bonchev–Trinajstić information content (AvgIpc) is 3.47. The molecule has 3 aromatic rings. The summed E-state index contributed by atoms with van der Waals surface area (Å²) >= 11 is 3.45. The Morgan fingerprint density at radius 1 is 1.16 bits per heavy atom. The normalized spacial score (nSPS) is 16.7. The molecule has 0 spiro atoms. The van der Waals surface area contributed by atoms with Crippen LogP contribution in [0.1, 0.15) is 36.3 Å². The molecule has 4 rings (SSSR count). The number of carbonyl (C=O) groups is 2. The summed E-state index contributed by atoms with van der Waals surface area (Å²) in [4.78, 5) is 35.4. The minimum absolute atomic E-state index is 0.140. The van der Waals surface area contributed by atoms with Gasteiger partial charge in [0.2, 0.25) is 5.91 Å². The first-order valence-corrected chi connectivity index (χ1v) is 11.0. The number of amides is 3. The molecule has 160 valence electrons. The van der Waals surface area contributed by atoms with Crippen LogP contribution < -0.4 is 10.6 Å². The van der Waals surface area contributed by atoms with Gasteiger partial charge in [0, 0.05) is 29.8 Å². The number of H-pyrrole nitrogens is 1. The lowest BCUT2D eigenvalue weighted by Crippen LogP contribution is -2.45. The maximum Gasteiger partial charge on any atom is 0.315 e. The van der Waals surface area contributed by atoms with E-state index in [9.17, 15) is 9.59 Å². The number of benzene rings is 2. The highest BCUT2D eigenvalue weighted by molar-refractivity contribution is 9.10. The molecule has 0 radical (unpaired) electrons. The summed E-state index contributed by atoms with van der Waals surface area (Å²) in [6.45, 7) is 0.622. The van der Waals surface area contributed by atoms with Gasteiger partial charge in [-0.05, 0) is 30.5 Å². The van der Waals surface area contributed by atoms with Crippen LogP contribution in [0.4, 0.5) is 4.79 Å². The van der Waals surface area contributed by atoms with Crippen LogP contribution in [0.3, 0.4) is 0 Å². The van der Waals surface area contributed by atoms with E-state index in [1.54, 1.807) is 0 Å². The van der Waals surface area contributed by atoms with Crippen molar-refractivity contribution in [2.24, 2.45) is 0 Å². The molecule has 31 heavy (non-hydrogen) atoms. The molecule has 0 bridgehead atoms. The SMILES string of the molecule is CNC(=O)NC(C(=O)N1CCC[C@H]1c1nc(-c2ccc(Br)cc2)c[nH]1)c1ccccc1. The average molecular weight is 482 g/mol. The Morgan fingerprint density at radius 3 is 2.61 bits per heavy atom. The van der Waals surface area contributed by atoms with Crippen molar-refractivity contribution in [2.75, 3.05) is 13.6 Å². The maximum atomic E-state index is 13.5. The summed E-state index contributed by atoms with van der Waals surface area (Å²) in [6.07, 6.45) is 3.57. The lowest BCUT2D eigenvalue weighted by Gasteiger charge is -2.28. The van der Waals surface area contributed by atoms with Gasteiger partial charge in [0.15, 0.2) is 0 Å². The molecular formula is C23H24BrN5O2. The molecule has 8 heteroatoms. The molecule has 1 saturated heterocycles. The van der Waals surface area contributed by atoms with Crippen molar-refractivity contribution in [3.8, 4) is 11.3 Å². The van der Waals surface area contributed by atoms with Gasteiger partial charge in [0.1, 0.15) is 11.9 Å². The minimum atomic E-state index is -0.761. The number of nitrogens with zero attached hydrogens (tertiary/aromatic N) is 2. The number of rotatable bonds is 5. The Hall–Kier alpha value is -3.13. The molecule has 7 nitrogen and oxygen atoms in total. The van der Waals surface area contributed by atoms with Crippen LogP contribution in [0.25, 0.3) is 11.3 Å². The molecule has 3 N–H and O–H groups in total. The number of imidazole rings is 1. The van der Waals surface area contributed by atoms with E-state index in [0.29, 0.717) is 6.54 Å². The third-order valence-corrected chi connectivity index (χ3v) is 6.00. The van der Waals surface area contributed by atoms with Gasteiger partial charge in [-0.2, -0.15) is 0 Å². The Bertz CT molecular complexity index is 1050. The minimum Gasteiger partial charge on any atom is -0.346 e. The smallest absolute Gasteiger partial charge is 0.315 e. The highest BCUT2D eigenvalue weighted by Crippen LogP contribution is 2.34. The van der Waals surface area contributed by atoms with Crippen molar-refractivity contribution in [1.82, 2.24) is 25.5 Å². The van der Waals surface area contributed by atoms with Gasteiger partial charge >= 0.3 is 6.03 Å². The molecule has 0 aliphatic carbocycles. The number of likely N-dealkylation sites (tertiary alicyclic amines) is 1. The number of hydrogen-bond donors (Lipinski definition) is 3. The highest BCUT2D eigenvalue weighted by atomic mass is 79.9. The summed E-state index contributed by atoms with van der Waals surface area (Å²) < 4.78 is 1.01. The van der Waals surface area contributed by atoms with Crippen molar-refractivity contribution in [1.29, 1.82) is 0 Å². The molecular weight excluding hydrogens is 458 g/mol. The van der Waals surface area contributed by atoms with Crippen molar-refractivity contribution >= 4 is 27.9 Å². The van der Waals surface area contributed by atoms with Gasteiger partial charge in [-0.15, -0.1) is 0 Å². The van der Waals surface area contributed by atoms with Gasteiger partial charge in [-0.1, -0.05) is 58.4 Å². The van der Waals surface area contributed by atoms with Crippen LogP contribution in [0.2, 0.25) is 0 Å². The number of aromatic nitrogens is 2. The fourth-order valence-electron chi connectivity index (χ4n) is 3.89. The molecule has 1 aromatic heterocycles. The summed E-state index contributed by atoms with van der Waals surface area (Å²) in [5.41, 5.74) is 2.59. The third-order valence-electron chi connectivity index (χ3n) is 5.47. The lowest BCUT2D eigenvalue weighted by molar-refractivity contribution is -0.134. The number of nitrogens with one attached hydrogen (secondary N) is 3. The molecule has 0 saturated carbocycles. The third kappa shape index (κ3) is 4.64. The number of halogens is 1. The van der Waals surface area contributed by atoms with Crippen molar-refractivity contribution in [2.45, 2.75) is 24.9 Å². The first-order valence-electron chi connectivity index (χ1n) is 10.2. The largest absolute Gasteiger partial charge is 0.346 e. The van der Waals surface area contributed by atoms with E-state index in [1.807, 2.05) is 65.7 Å². The molecule has 2 heterocycles. The van der Waals surface area contributed by atoms with Gasteiger partial charge in [0.05, 0.1) is 11.7 Å². The fourth-order valence-corrected chi connectivity index (χ4v) is 4.16. The second-order valence-corrected chi connectivity index (χ2v) is 8.35. The summed E-state index contributed by atoms with van der Waals surface area (Å²) in [5.74, 6) is 0.620. The van der Waals surface area contributed by atoms with Crippen molar-refractivity contribution in [3.63, 3.8) is 0 Å². The zero-order valence-corrected chi connectivity index (χ0v) is 18.7. The molecule has 2 aromatic carbocycles. The zero-order chi connectivity index (χ0) is 21.8.